The molecule has 0 aliphatic heterocycles. The minimum atomic E-state index is -0.0854. The molecule has 2 heterocycles. The van der Waals surface area contributed by atoms with Crippen molar-refractivity contribution in [1.82, 2.24) is 9.97 Å². The molecule has 0 aliphatic carbocycles. The molecule has 2 N–H and O–H groups in total. The number of anilines is 1. The lowest BCUT2D eigenvalue weighted by atomic mass is 10.1. The van der Waals surface area contributed by atoms with Gasteiger partial charge in [0, 0.05) is 17.1 Å². The molecule has 0 radical (unpaired) electrons. The number of nitrogens with one attached hydrogen (secondary N) is 2. The van der Waals surface area contributed by atoms with Crippen LogP contribution in [0.15, 0.2) is 48.7 Å². The van der Waals surface area contributed by atoms with Gasteiger partial charge in [-0.1, -0.05) is 35.6 Å². The molecule has 0 saturated heterocycles. The highest BCUT2D eigenvalue weighted by molar-refractivity contribution is 7.22. The second-order valence-electron chi connectivity index (χ2n) is 5.41. The number of aromatic amines is 1. The number of rotatable bonds is 4. The van der Waals surface area contributed by atoms with Gasteiger partial charge in [-0.15, -0.1) is 0 Å². The van der Waals surface area contributed by atoms with Gasteiger partial charge < -0.3 is 15.0 Å². The average Bonchev–Trinajstić information content (AvgIpc) is 3.18. The van der Waals surface area contributed by atoms with Gasteiger partial charge in [-0.25, -0.2) is 4.98 Å². The number of carbonyl (C=O) groups is 1. The highest BCUT2D eigenvalue weighted by Crippen LogP contribution is 2.32. The molecule has 0 atom stereocenters. The zero-order valence-corrected chi connectivity index (χ0v) is 13.8. The van der Waals surface area contributed by atoms with Crippen molar-refractivity contribution >= 4 is 43.5 Å². The minimum Gasteiger partial charge on any atom is -0.494 e. The predicted octanol–water partition coefficient (Wildman–Crippen LogP) is 3.97. The van der Waals surface area contributed by atoms with Crippen molar-refractivity contribution in [3.05, 3.63) is 54.2 Å². The molecule has 4 rings (SSSR count). The normalized spacial score (nSPS) is 11.0. The maximum atomic E-state index is 12.4. The number of para-hydroxylation sites is 2. The molecule has 2 aromatic carbocycles. The van der Waals surface area contributed by atoms with Crippen LogP contribution >= 0.6 is 11.3 Å². The highest BCUT2D eigenvalue weighted by atomic mass is 32.1. The van der Waals surface area contributed by atoms with Crippen LogP contribution in [-0.2, 0) is 11.2 Å². The lowest BCUT2D eigenvalue weighted by Gasteiger charge is -2.01. The summed E-state index contributed by atoms with van der Waals surface area (Å²) in [6, 6.07) is 13.7. The number of hydrogen-bond donors (Lipinski definition) is 2. The molecular formula is C18H15N3O2S. The Kier molecular flexibility index (Phi) is 3.66. The maximum Gasteiger partial charge on any atom is 0.230 e. The fourth-order valence-corrected chi connectivity index (χ4v) is 3.66. The molecule has 4 aromatic rings. The third-order valence-electron chi connectivity index (χ3n) is 3.87. The van der Waals surface area contributed by atoms with E-state index in [2.05, 4.69) is 15.3 Å². The van der Waals surface area contributed by atoms with E-state index < -0.39 is 0 Å². The Bertz CT molecular complexity index is 1040. The van der Waals surface area contributed by atoms with Gasteiger partial charge >= 0.3 is 0 Å². The summed E-state index contributed by atoms with van der Waals surface area (Å²) in [5.41, 5.74) is 2.78. The SMILES string of the molecule is COc1cccc2sc(NC(=O)Cc3c[nH]c4ccccc34)nc12. The number of amides is 1. The molecule has 2 aromatic heterocycles. The first-order valence-corrected chi connectivity index (χ1v) is 8.34. The topological polar surface area (TPSA) is 67.0 Å². The van der Waals surface area contributed by atoms with Gasteiger partial charge in [0.1, 0.15) is 11.3 Å². The molecule has 0 fully saturated rings. The van der Waals surface area contributed by atoms with Crippen LogP contribution in [-0.4, -0.2) is 23.0 Å². The monoisotopic (exact) mass is 337 g/mol. The quantitative estimate of drug-likeness (QED) is 0.592. The molecule has 1 amide bonds. The van der Waals surface area contributed by atoms with Crippen molar-refractivity contribution in [3.8, 4) is 5.75 Å². The summed E-state index contributed by atoms with van der Waals surface area (Å²) in [5.74, 6) is 0.624. The van der Waals surface area contributed by atoms with Gasteiger partial charge in [0.2, 0.25) is 5.91 Å². The summed E-state index contributed by atoms with van der Waals surface area (Å²) in [6.07, 6.45) is 2.18. The van der Waals surface area contributed by atoms with Crippen molar-refractivity contribution in [1.29, 1.82) is 0 Å². The molecular weight excluding hydrogens is 322 g/mol. The number of hydrogen-bond acceptors (Lipinski definition) is 4. The van der Waals surface area contributed by atoms with E-state index in [1.807, 2.05) is 48.7 Å². The minimum absolute atomic E-state index is 0.0854. The summed E-state index contributed by atoms with van der Waals surface area (Å²) in [7, 11) is 1.61. The number of fused-ring (bicyclic) bond motifs is 2. The van der Waals surface area contributed by atoms with Crippen molar-refractivity contribution in [2.45, 2.75) is 6.42 Å². The first-order chi connectivity index (χ1) is 11.7. The predicted molar refractivity (Wildman–Crippen MR) is 96.8 cm³/mol. The van der Waals surface area contributed by atoms with Crippen molar-refractivity contribution in [2.24, 2.45) is 0 Å². The first kappa shape index (κ1) is 14.7. The Morgan fingerprint density at radius 1 is 1.25 bits per heavy atom. The third kappa shape index (κ3) is 2.61. The lowest BCUT2D eigenvalue weighted by Crippen LogP contribution is -2.13. The Morgan fingerprint density at radius 2 is 2.12 bits per heavy atom. The van der Waals surface area contributed by atoms with E-state index >= 15 is 0 Å². The molecule has 6 heteroatoms. The third-order valence-corrected chi connectivity index (χ3v) is 4.81. The van der Waals surface area contributed by atoms with E-state index in [0.29, 0.717) is 17.3 Å². The molecule has 0 unspecified atom stereocenters. The summed E-state index contributed by atoms with van der Waals surface area (Å²) in [4.78, 5) is 20.0. The Balaban J connectivity index is 1.56. The number of nitrogens with zero attached hydrogens (tertiary/aromatic N) is 1. The molecule has 0 aliphatic rings. The van der Waals surface area contributed by atoms with Crippen LogP contribution in [0.2, 0.25) is 0 Å². The van der Waals surface area contributed by atoms with E-state index in [9.17, 15) is 4.79 Å². The smallest absolute Gasteiger partial charge is 0.230 e. The first-order valence-electron chi connectivity index (χ1n) is 7.53. The number of benzene rings is 2. The summed E-state index contributed by atoms with van der Waals surface area (Å²) >= 11 is 1.44. The number of aromatic nitrogens is 2. The Hall–Kier alpha value is -2.86. The van der Waals surface area contributed by atoms with Gasteiger partial charge in [-0.2, -0.15) is 0 Å². The van der Waals surface area contributed by atoms with Crippen LogP contribution in [0.1, 0.15) is 5.56 Å². The molecule has 0 saturated carbocycles. The van der Waals surface area contributed by atoms with E-state index in [-0.39, 0.29) is 5.91 Å². The largest absolute Gasteiger partial charge is 0.494 e. The van der Waals surface area contributed by atoms with E-state index in [1.165, 1.54) is 11.3 Å². The zero-order valence-electron chi connectivity index (χ0n) is 13.0. The molecule has 24 heavy (non-hydrogen) atoms. The second kappa shape index (κ2) is 5.98. The van der Waals surface area contributed by atoms with Crippen LogP contribution in [0.3, 0.4) is 0 Å². The highest BCUT2D eigenvalue weighted by Gasteiger charge is 2.13. The van der Waals surface area contributed by atoms with Gasteiger partial charge in [-0.3, -0.25) is 4.79 Å². The van der Waals surface area contributed by atoms with Gasteiger partial charge in [0.05, 0.1) is 18.2 Å². The molecule has 0 bridgehead atoms. The van der Waals surface area contributed by atoms with Crippen LogP contribution in [0.5, 0.6) is 5.75 Å². The van der Waals surface area contributed by atoms with E-state index in [1.54, 1.807) is 7.11 Å². The van der Waals surface area contributed by atoms with E-state index in [0.717, 1.165) is 26.7 Å². The van der Waals surface area contributed by atoms with Crippen LogP contribution in [0.4, 0.5) is 5.13 Å². The van der Waals surface area contributed by atoms with Crippen LogP contribution < -0.4 is 10.1 Å². The second-order valence-corrected chi connectivity index (χ2v) is 6.44. The van der Waals surface area contributed by atoms with Crippen LogP contribution in [0.25, 0.3) is 21.1 Å². The summed E-state index contributed by atoms with van der Waals surface area (Å²) < 4.78 is 6.29. The number of methoxy groups -OCH3 is 1. The number of ether oxygens (including phenoxy) is 1. The summed E-state index contributed by atoms with van der Waals surface area (Å²) in [6.45, 7) is 0. The van der Waals surface area contributed by atoms with Gasteiger partial charge in [0.15, 0.2) is 5.13 Å². The number of thiazole rings is 1. The van der Waals surface area contributed by atoms with Crippen LogP contribution in [0, 0.1) is 0 Å². The fraction of sp³-hybridized carbons (Fsp3) is 0.111. The Labute approximate surface area is 142 Å². The maximum absolute atomic E-state index is 12.4. The Morgan fingerprint density at radius 3 is 3.00 bits per heavy atom. The molecule has 0 spiro atoms. The summed E-state index contributed by atoms with van der Waals surface area (Å²) in [5, 5.41) is 4.54. The van der Waals surface area contributed by atoms with Crippen molar-refractivity contribution < 1.29 is 9.53 Å². The molecule has 5 nitrogen and oxygen atoms in total. The lowest BCUT2D eigenvalue weighted by molar-refractivity contribution is -0.115. The standard InChI is InChI=1S/C18H15N3O2S/c1-23-14-7-4-8-15-17(14)21-18(24-15)20-16(22)9-11-10-19-13-6-3-2-5-12(11)13/h2-8,10,19H,9H2,1H3,(H,20,21,22). The number of carbonyl (C=O) groups excluding carboxylic acids is 1. The fourth-order valence-electron chi connectivity index (χ4n) is 2.76. The number of H-pyrrole nitrogens is 1. The zero-order chi connectivity index (χ0) is 16.5. The van der Waals surface area contributed by atoms with Crippen molar-refractivity contribution in [3.63, 3.8) is 0 Å². The average molecular weight is 337 g/mol. The molecule has 120 valence electrons. The van der Waals surface area contributed by atoms with Crippen molar-refractivity contribution in [2.75, 3.05) is 12.4 Å². The van der Waals surface area contributed by atoms with E-state index in [4.69, 9.17) is 4.74 Å². The van der Waals surface area contributed by atoms with Gasteiger partial charge in [0.25, 0.3) is 0 Å². The van der Waals surface area contributed by atoms with Gasteiger partial charge in [-0.05, 0) is 23.8 Å².